The fourth-order valence-electron chi connectivity index (χ4n) is 8.61. The molecule has 0 amide bonds. The average molecular weight is 662 g/mol. The maximum Gasteiger partial charge on any atom is 0.0490 e. The molecule has 0 atom stereocenters. The number of benzene rings is 8. The van der Waals surface area contributed by atoms with Gasteiger partial charge in [-0.2, -0.15) is 0 Å². The lowest BCUT2D eigenvalue weighted by Crippen LogP contribution is -2.17. The highest BCUT2D eigenvalue weighted by Crippen LogP contribution is 2.57. The molecule has 0 saturated heterocycles. The fourth-order valence-corrected chi connectivity index (χ4v) is 8.61. The van der Waals surface area contributed by atoms with Crippen molar-refractivity contribution in [2.45, 2.75) is 66.2 Å². The van der Waals surface area contributed by atoms with E-state index in [0.29, 0.717) is 0 Å². The topological polar surface area (TPSA) is 3.24 Å². The minimum atomic E-state index is -0.201. The quantitative estimate of drug-likeness (QED) is 0.170. The second-order valence-electron chi connectivity index (χ2n) is 15.4. The van der Waals surface area contributed by atoms with Gasteiger partial charge in [0.05, 0.1) is 0 Å². The Morgan fingerprint density at radius 1 is 0.549 bits per heavy atom. The second kappa shape index (κ2) is 12.1. The normalized spacial score (nSPS) is 13.3. The van der Waals surface area contributed by atoms with Gasteiger partial charge >= 0.3 is 0 Å². The van der Waals surface area contributed by atoms with Gasteiger partial charge in [0.2, 0.25) is 0 Å². The molecule has 252 valence electrons. The Bertz CT molecular complexity index is 2550. The number of para-hydroxylation sites is 2. The average Bonchev–Trinajstić information content (AvgIpc) is 3.39. The summed E-state index contributed by atoms with van der Waals surface area (Å²) in [5, 5.41) is 8.11. The maximum atomic E-state index is 2.46. The van der Waals surface area contributed by atoms with Crippen LogP contribution in [0.1, 0.15) is 70.7 Å². The largest absolute Gasteiger partial charge is 0.310 e. The van der Waals surface area contributed by atoms with Gasteiger partial charge in [0.15, 0.2) is 0 Å². The van der Waals surface area contributed by atoms with E-state index in [0.717, 1.165) is 5.69 Å². The molecule has 0 spiro atoms. The lowest BCUT2D eigenvalue weighted by atomic mass is 9.77. The molecule has 0 heterocycles. The second-order valence-corrected chi connectivity index (χ2v) is 15.4. The van der Waals surface area contributed by atoms with Crippen molar-refractivity contribution < 1.29 is 0 Å². The van der Waals surface area contributed by atoms with Crippen molar-refractivity contribution in [3.8, 4) is 22.3 Å². The summed E-state index contributed by atoms with van der Waals surface area (Å²) >= 11 is 0. The van der Waals surface area contributed by atoms with E-state index in [1.165, 1.54) is 88.2 Å². The van der Waals surface area contributed by atoms with Crippen molar-refractivity contribution in [3.63, 3.8) is 0 Å². The van der Waals surface area contributed by atoms with Gasteiger partial charge in [-0.05, 0) is 126 Å². The summed E-state index contributed by atoms with van der Waals surface area (Å²) in [6.45, 7) is 17.9. The molecule has 1 aliphatic rings. The van der Waals surface area contributed by atoms with Crippen LogP contribution in [0.3, 0.4) is 0 Å². The molecule has 1 nitrogen and oxygen atoms in total. The Labute approximate surface area is 303 Å². The molecule has 0 N–H and O–H groups in total. The number of hydrogen-bond acceptors (Lipinski definition) is 1. The van der Waals surface area contributed by atoms with Crippen LogP contribution in [0.2, 0.25) is 0 Å². The first kappa shape index (κ1) is 32.8. The van der Waals surface area contributed by atoms with E-state index in [2.05, 4.69) is 186 Å². The van der Waals surface area contributed by atoms with E-state index in [1.54, 1.807) is 0 Å². The standard InChI is InChI=1S/C48H41N.C2H6/c1-30-14-10-11-21-42(30)49(34-16-8-7-9-17-34)35-26-27-37-41(29-35)48(5,6)46-39-20-13-18-36-40(31-22-24-33(25-23-31)47(2,3)4)28-32-15-12-19-38(45(37)46)43(32)44(36)39;1-2/h7-29H,1-6H3;1-2H3. The number of aryl methyl sites for hydroxylation is 1. The zero-order valence-corrected chi connectivity index (χ0v) is 31.2. The number of anilines is 3. The van der Waals surface area contributed by atoms with Gasteiger partial charge in [-0.15, -0.1) is 0 Å². The van der Waals surface area contributed by atoms with Crippen LogP contribution >= 0.6 is 0 Å². The van der Waals surface area contributed by atoms with Crippen LogP contribution in [-0.2, 0) is 10.8 Å². The zero-order chi connectivity index (χ0) is 35.7. The fraction of sp³-hybridized carbons (Fsp3) is 0.200. The molecule has 51 heavy (non-hydrogen) atoms. The molecule has 8 aromatic rings. The Balaban J connectivity index is 0.00000184. The van der Waals surface area contributed by atoms with Gasteiger partial charge in [-0.1, -0.05) is 152 Å². The van der Waals surface area contributed by atoms with Crippen molar-refractivity contribution in [3.05, 3.63) is 162 Å². The van der Waals surface area contributed by atoms with Crippen LogP contribution in [0, 0.1) is 6.92 Å². The molecular formula is C50H47N. The van der Waals surface area contributed by atoms with E-state index >= 15 is 0 Å². The van der Waals surface area contributed by atoms with Gasteiger partial charge in [0.25, 0.3) is 0 Å². The predicted octanol–water partition coefficient (Wildman–Crippen LogP) is 14.7. The molecule has 0 bridgehead atoms. The predicted molar refractivity (Wildman–Crippen MR) is 223 cm³/mol. The molecule has 0 aliphatic heterocycles. The SMILES string of the molecule is CC.Cc1ccccc1N(c1ccccc1)c1ccc2c(c1)C(C)(C)c1c-2c2cccc3cc(-c4ccc(C(C)(C)C)cc4)c4cccc1c4c32. The molecule has 0 saturated carbocycles. The van der Waals surface area contributed by atoms with Crippen LogP contribution in [0.4, 0.5) is 17.1 Å². The lowest BCUT2D eigenvalue weighted by molar-refractivity contribution is 0.590. The highest BCUT2D eigenvalue weighted by atomic mass is 15.1. The first-order chi connectivity index (χ1) is 24.6. The monoisotopic (exact) mass is 661 g/mol. The highest BCUT2D eigenvalue weighted by Gasteiger charge is 2.39. The summed E-state index contributed by atoms with van der Waals surface area (Å²) in [5.74, 6) is 0. The molecule has 0 fully saturated rings. The summed E-state index contributed by atoms with van der Waals surface area (Å²) in [6, 6.07) is 52.2. The summed E-state index contributed by atoms with van der Waals surface area (Å²) in [6.07, 6.45) is 0. The van der Waals surface area contributed by atoms with Crippen LogP contribution < -0.4 is 4.90 Å². The molecule has 0 unspecified atom stereocenters. The first-order valence-corrected chi connectivity index (χ1v) is 18.5. The molecular weight excluding hydrogens is 615 g/mol. The summed E-state index contributed by atoms with van der Waals surface area (Å²) in [7, 11) is 0. The van der Waals surface area contributed by atoms with Gasteiger partial charge < -0.3 is 4.90 Å². The number of rotatable bonds is 4. The first-order valence-electron chi connectivity index (χ1n) is 18.5. The van der Waals surface area contributed by atoms with Gasteiger partial charge in [-0.3, -0.25) is 0 Å². The summed E-state index contributed by atoms with van der Waals surface area (Å²) in [5.41, 5.74) is 14.2. The van der Waals surface area contributed by atoms with Crippen LogP contribution in [0.25, 0.3) is 54.6 Å². The van der Waals surface area contributed by atoms with Crippen LogP contribution in [0.15, 0.2) is 140 Å². The van der Waals surface area contributed by atoms with E-state index in [1.807, 2.05) is 13.8 Å². The Hall–Kier alpha value is -5.40. The summed E-state index contributed by atoms with van der Waals surface area (Å²) in [4.78, 5) is 2.41. The lowest BCUT2D eigenvalue weighted by Gasteiger charge is -2.29. The molecule has 1 aliphatic carbocycles. The highest BCUT2D eigenvalue weighted by molar-refractivity contribution is 6.31. The van der Waals surface area contributed by atoms with E-state index < -0.39 is 0 Å². The minimum absolute atomic E-state index is 0.122. The smallest absolute Gasteiger partial charge is 0.0490 e. The minimum Gasteiger partial charge on any atom is -0.310 e. The van der Waals surface area contributed by atoms with Crippen LogP contribution in [-0.4, -0.2) is 0 Å². The number of fused-ring (bicyclic) bond motifs is 5. The van der Waals surface area contributed by atoms with Crippen molar-refractivity contribution in [1.82, 2.24) is 0 Å². The Morgan fingerprint density at radius 3 is 1.94 bits per heavy atom. The molecule has 8 aromatic carbocycles. The van der Waals surface area contributed by atoms with E-state index in [9.17, 15) is 0 Å². The van der Waals surface area contributed by atoms with Gasteiger partial charge in [0.1, 0.15) is 0 Å². The van der Waals surface area contributed by atoms with E-state index in [-0.39, 0.29) is 10.8 Å². The van der Waals surface area contributed by atoms with E-state index in [4.69, 9.17) is 0 Å². The third-order valence-corrected chi connectivity index (χ3v) is 11.1. The van der Waals surface area contributed by atoms with Gasteiger partial charge in [0, 0.05) is 22.5 Å². The van der Waals surface area contributed by atoms with Crippen molar-refractivity contribution in [2.75, 3.05) is 4.90 Å². The molecule has 9 rings (SSSR count). The van der Waals surface area contributed by atoms with Crippen molar-refractivity contribution in [1.29, 1.82) is 0 Å². The van der Waals surface area contributed by atoms with Crippen molar-refractivity contribution >= 4 is 49.4 Å². The van der Waals surface area contributed by atoms with Crippen molar-refractivity contribution in [2.24, 2.45) is 0 Å². The number of nitrogens with zero attached hydrogens (tertiary/aromatic N) is 1. The molecule has 0 radical (unpaired) electrons. The Morgan fingerprint density at radius 2 is 1.22 bits per heavy atom. The zero-order valence-electron chi connectivity index (χ0n) is 31.2. The van der Waals surface area contributed by atoms with Crippen LogP contribution in [0.5, 0.6) is 0 Å². The number of hydrogen-bond donors (Lipinski definition) is 0. The third kappa shape index (κ3) is 5.05. The molecule has 1 heteroatoms. The Kier molecular flexibility index (Phi) is 7.80. The summed E-state index contributed by atoms with van der Waals surface area (Å²) < 4.78 is 0. The third-order valence-electron chi connectivity index (χ3n) is 11.1. The maximum absolute atomic E-state index is 2.46. The molecule has 0 aromatic heterocycles. The van der Waals surface area contributed by atoms with Gasteiger partial charge in [-0.25, -0.2) is 0 Å².